The molecule has 0 saturated carbocycles. The van der Waals surface area contributed by atoms with E-state index in [1.165, 1.54) is 12.1 Å². The Morgan fingerprint density at radius 1 is 1.19 bits per heavy atom. The Morgan fingerprint density at radius 3 is 2.84 bits per heavy atom. The molecule has 0 aliphatic carbocycles. The number of morpholine rings is 1. The zero-order valence-electron chi connectivity index (χ0n) is 20.9. The standard InChI is InChI=1S/C28H35FN6O2/c29-22-4-1-3-21(17-22)25-19-37-16-14-35(25)26(30)7-8-27-31-18-24(32-27)23-5-2-6-28(33-23)34-12-9-20(10-13-34)11-15-36/h1-8,17-18,20,25,27,30-32,36H,9-16,19H2/b8-7-,30-26?. The lowest BCUT2D eigenvalue weighted by molar-refractivity contribution is 0.0258. The average molecular weight is 507 g/mol. The molecule has 3 aliphatic rings. The van der Waals surface area contributed by atoms with Crippen molar-refractivity contribution in [2.24, 2.45) is 5.92 Å². The van der Waals surface area contributed by atoms with Crippen LogP contribution in [-0.4, -0.2) is 66.4 Å². The second-order valence-electron chi connectivity index (χ2n) is 9.75. The van der Waals surface area contributed by atoms with E-state index in [0.717, 1.165) is 55.1 Å². The van der Waals surface area contributed by atoms with Crippen LogP contribution < -0.4 is 15.5 Å². The molecular formula is C28H35FN6O2. The Labute approximate surface area is 217 Å². The van der Waals surface area contributed by atoms with Gasteiger partial charge in [-0.3, -0.25) is 5.41 Å². The van der Waals surface area contributed by atoms with Crippen molar-refractivity contribution in [3.8, 4) is 0 Å². The Hall–Kier alpha value is -3.43. The van der Waals surface area contributed by atoms with Crippen molar-refractivity contribution in [3.63, 3.8) is 0 Å². The average Bonchev–Trinajstić information content (AvgIpc) is 3.42. The molecular weight excluding hydrogens is 471 g/mol. The fourth-order valence-corrected chi connectivity index (χ4v) is 5.22. The number of piperidine rings is 1. The molecule has 2 saturated heterocycles. The van der Waals surface area contributed by atoms with E-state index in [2.05, 4.69) is 21.6 Å². The molecule has 2 atom stereocenters. The molecule has 37 heavy (non-hydrogen) atoms. The molecule has 8 nitrogen and oxygen atoms in total. The summed E-state index contributed by atoms with van der Waals surface area (Å²) in [7, 11) is 0. The molecule has 3 aliphatic heterocycles. The second-order valence-corrected chi connectivity index (χ2v) is 9.75. The normalized spacial score (nSPS) is 22.6. The summed E-state index contributed by atoms with van der Waals surface area (Å²) in [6, 6.07) is 12.4. The number of nitrogens with zero attached hydrogens (tertiary/aromatic N) is 3. The van der Waals surface area contributed by atoms with E-state index in [0.29, 0.717) is 31.5 Å². The molecule has 0 amide bonds. The van der Waals surface area contributed by atoms with Gasteiger partial charge in [0.25, 0.3) is 0 Å². The molecule has 1 aromatic heterocycles. The molecule has 4 heterocycles. The number of ether oxygens (including phenoxy) is 1. The van der Waals surface area contributed by atoms with Gasteiger partial charge in [-0.15, -0.1) is 0 Å². The predicted octanol–water partition coefficient (Wildman–Crippen LogP) is 3.24. The van der Waals surface area contributed by atoms with Crippen LogP contribution >= 0.6 is 0 Å². The highest BCUT2D eigenvalue weighted by atomic mass is 19.1. The van der Waals surface area contributed by atoms with Crippen molar-refractivity contribution in [1.82, 2.24) is 20.5 Å². The maximum absolute atomic E-state index is 13.8. The number of hydrogen-bond acceptors (Lipinski definition) is 7. The number of aliphatic hydroxyl groups excluding tert-OH is 1. The minimum Gasteiger partial charge on any atom is -0.396 e. The van der Waals surface area contributed by atoms with Crippen LogP contribution in [0.15, 0.2) is 60.8 Å². The Morgan fingerprint density at radius 2 is 2.03 bits per heavy atom. The van der Waals surface area contributed by atoms with E-state index in [1.54, 1.807) is 12.1 Å². The number of anilines is 1. The van der Waals surface area contributed by atoms with Gasteiger partial charge in [0.05, 0.1) is 30.6 Å². The second kappa shape index (κ2) is 11.7. The molecule has 0 radical (unpaired) electrons. The summed E-state index contributed by atoms with van der Waals surface area (Å²) in [6.07, 6.45) is 8.49. The number of hydrogen-bond donors (Lipinski definition) is 4. The maximum Gasteiger partial charge on any atom is 0.129 e. The third-order valence-corrected chi connectivity index (χ3v) is 7.32. The van der Waals surface area contributed by atoms with Gasteiger partial charge >= 0.3 is 0 Å². The molecule has 2 fully saturated rings. The van der Waals surface area contributed by atoms with Crippen molar-refractivity contribution in [2.75, 3.05) is 44.4 Å². The lowest BCUT2D eigenvalue weighted by atomic mass is 9.94. The molecule has 5 rings (SSSR count). The van der Waals surface area contributed by atoms with Gasteiger partial charge in [0.15, 0.2) is 0 Å². The highest BCUT2D eigenvalue weighted by molar-refractivity contribution is 5.90. The third kappa shape index (κ3) is 6.11. The lowest BCUT2D eigenvalue weighted by Gasteiger charge is -2.37. The van der Waals surface area contributed by atoms with Gasteiger partial charge < -0.3 is 30.3 Å². The number of nitrogens with one attached hydrogen (secondary N) is 3. The molecule has 0 bridgehead atoms. The van der Waals surface area contributed by atoms with Gasteiger partial charge in [-0.2, -0.15) is 0 Å². The number of benzene rings is 1. The zero-order valence-corrected chi connectivity index (χ0v) is 20.9. The number of rotatable bonds is 7. The summed E-state index contributed by atoms with van der Waals surface area (Å²) in [6.45, 7) is 3.71. The Kier molecular flexibility index (Phi) is 8.01. The van der Waals surface area contributed by atoms with Crippen LogP contribution in [-0.2, 0) is 4.74 Å². The number of amidine groups is 1. The maximum atomic E-state index is 13.8. The van der Waals surface area contributed by atoms with Gasteiger partial charge in [0.2, 0.25) is 0 Å². The first-order chi connectivity index (χ1) is 18.1. The van der Waals surface area contributed by atoms with Crippen LogP contribution in [0.5, 0.6) is 0 Å². The van der Waals surface area contributed by atoms with Gasteiger partial charge in [0.1, 0.15) is 23.6 Å². The molecule has 2 unspecified atom stereocenters. The summed E-state index contributed by atoms with van der Waals surface area (Å²) >= 11 is 0. The molecule has 9 heteroatoms. The summed E-state index contributed by atoms with van der Waals surface area (Å²) in [5.74, 6) is 1.64. The van der Waals surface area contributed by atoms with E-state index in [1.807, 2.05) is 35.4 Å². The van der Waals surface area contributed by atoms with Crippen LogP contribution in [0.2, 0.25) is 0 Å². The predicted molar refractivity (Wildman–Crippen MR) is 142 cm³/mol. The van der Waals surface area contributed by atoms with Crippen LogP contribution in [0.1, 0.15) is 36.6 Å². The Balaban J connectivity index is 1.18. The highest BCUT2D eigenvalue weighted by Crippen LogP contribution is 2.27. The fourth-order valence-electron chi connectivity index (χ4n) is 5.22. The van der Waals surface area contributed by atoms with Crippen LogP contribution in [0.3, 0.4) is 0 Å². The Bertz CT molecular complexity index is 1150. The van der Waals surface area contributed by atoms with Crippen molar-refractivity contribution in [2.45, 2.75) is 31.5 Å². The highest BCUT2D eigenvalue weighted by Gasteiger charge is 2.26. The van der Waals surface area contributed by atoms with E-state index >= 15 is 0 Å². The first-order valence-corrected chi connectivity index (χ1v) is 13.0. The molecule has 1 aromatic carbocycles. The van der Waals surface area contributed by atoms with Gasteiger partial charge in [-0.1, -0.05) is 18.2 Å². The summed E-state index contributed by atoms with van der Waals surface area (Å²) in [5.41, 5.74) is 2.58. The first-order valence-electron chi connectivity index (χ1n) is 13.0. The topological polar surface area (TPSA) is 96.7 Å². The lowest BCUT2D eigenvalue weighted by Crippen LogP contribution is -2.42. The molecule has 196 valence electrons. The van der Waals surface area contributed by atoms with Gasteiger partial charge in [-0.05, 0) is 67.2 Å². The summed E-state index contributed by atoms with van der Waals surface area (Å²) in [4.78, 5) is 9.16. The minimum atomic E-state index is -0.285. The number of pyridine rings is 1. The zero-order chi connectivity index (χ0) is 25.6. The van der Waals surface area contributed by atoms with E-state index in [9.17, 15) is 9.50 Å². The van der Waals surface area contributed by atoms with Crippen molar-refractivity contribution in [3.05, 3.63) is 77.9 Å². The summed E-state index contributed by atoms with van der Waals surface area (Å²) in [5, 5.41) is 24.6. The largest absolute Gasteiger partial charge is 0.396 e. The first kappa shape index (κ1) is 25.2. The molecule has 2 aromatic rings. The SMILES string of the molecule is N=C(/C=C\C1NC=C(c2cccc(N3CCC(CCO)CC3)n2)N1)N1CCOCC1c1cccc(F)c1. The van der Waals surface area contributed by atoms with E-state index in [-0.39, 0.29) is 24.6 Å². The van der Waals surface area contributed by atoms with Crippen LogP contribution in [0.4, 0.5) is 10.2 Å². The van der Waals surface area contributed by atoms with Crippen LogP contribution in [0.25, 0.3) is 5.70 Å². The van der Waals surface area contributed by atoms with Crippen molar-refractivity contribution < 1.29 is 14.2 Å². The van der Waals surface area contributed by atoms with Gasteiger partial charge in [-0.25, -0.2) is 9.37 Å². The number of aromatic nitrogens is 1. The quantitative estimate of drug-likeness (QED) is 0.338. The smallest absolute Gasteiger partial charge is 0.129 e. The molecule has 4 N–H and O–H groups in total. The fraction of sp³-hybridized carbons (Fsp3) is 0.429. The summed E-state index contributed by atoms with van der Waals surface area (Å²) < 4.78 is 19.4. The number of aliphatic hydroxyl groups is 1. The van der Waals surface area contributed by atoms with E-state index < -0.39 is 0 Å². The number of halogens is 1. The van der Waals surface area contributed by atoms with Crippen LogP contribution in [0, 0.1) is 17.1 Å². The van der Waals surface area contributed by atoms with Gasteiger partial charge in [0, 0.05) is 32.4 Å². The van der Waals surface area contributed by atoms with E-state index in [4.69, 9.17) is 15.1 Å². The third-order valence-electron chi connectivity index (χ3n) is 7.32. The minimum absolute atomic E-state index is 0.163. The van der Waals surface area contributed by atoms with Crippen molar-refractivity contribution >= 4 is 17.4 Å². The molecule has 0 spiro atoms. The monoisotopic (exact) mass is 506 g/mol. The van der Waals surface area contributed by atoms with Crippen molar-refractivity contribution in [1.29, 1.82) is 5.41 Å².